The molecule has 4 nitrogen and oxygen atoms in total. The largest absolute Gasteiger partial charge is 0.378 e. The van der Waals surface area contributed by atoms with E-state index in [1.807, 2.05) is 47.0 Å². The van der Waals surface area contributed by atoms with Crippen molar-refractivity contribution in [3.8, 4) is 11.1 Å². The highest BCUT2D eigenvalue weighted by Gasteiger charge is 2.11. The van der Waals surface area contributed by atoms with Gasteiger partial charge in [-0.15, -0.1) is 0 Å². The molecule has 4 rings (SSSR count). The maximum atomic E-state index is 6.39. The first kappa shape index (κ1) is 16.1. The molecular formula is C19H14BrClN4. The Labute approximate surface area is 158 Å². The molecule has 124 valence electrons. The zero-order chi connectivity index (χ0) is 17.2. The van der Waals surface area contributed by atoms with Gasteiger partial charge in [0.25, 0.3) is 0 Å². The number of halogens is 2. The summed E-state index contributed by atoms with van der Waals surface area (Å²) in [6.45, 7) is 0.689. The maximum absolute atomic E-state index is 6.39. The highest BCUT2D eigenvalue weighted by molar-refractivity contribution is 9.10. The number of imidazole rings is 1. The number of benzene rings is 1. The number of rotatable bonds is 4. The Morgan fingerprint density at radius 1 is 1.12 bits per heavy atom. The standard InChI is InChI=1S/C19H14BrClN4/c20-18-11-24-19-17(23-10-13-5-7-22-8-6-13)9-14(12-25(18)19)15-3-1-2-4-16(15)21/h1-9,11-12,23H,10H2. The normalized spacial score (nSPS) is 11.0. The quantitative estimate of drug-likeness (QED) is 0.485. The molecule has 0 saturated heterocycles. The smallest absolute Gasteiger partial charge is 0.161 e. The lowest BCUT2D eigenvalue weighted by atomic mass is 10.1. The summed E-state index contributed by atoms with van der Waals surface area (Å²) in [4.78, 5) is 8.55. The van der Waals surface area contributed by atoms with Gasteiger partial charge in [0.15, 0.2) is 5.65 Å². The Balaban J connectivity index is 1.78. The lowest BCUT2D eigenvalue weighted by molar-refractivity contribution is 1.10. The minimum Gasteiger partial charge on any atom is -0.378 e. The zero-order valence-corrected chi connectivity index (χ0v) is 15.5. The fraction of sp³-hybridized carbons (Fsp3) is 0.0526. The number of nitrogens with one attached hydrogen (secondary N) is 1. The van der Waals surface area contributed by atoms with E-state index in [-0.39, 0.29) is 0 Å². The molecule has 0 fully saturated rings. The lowest BCUT2D eigenvalue weighted by Gasteiger charge is -2.12. The van der Waals surface area contributed by atoms with E-state index in [1.54, 1.807) is 18.6 Å². The predicted octanol–water partition coefficient (Wildman–Crippen LogP) is 5.42. The minimum absolute atomic E-state index is 0.689. The van der Waals surface area contributed by atoms with E-state index in [4.69, 9.17) is 11.6 Å². The molecule has 1 N–H and O–H groups in total. The zero-order valence-electron chi connectivity index (χ0n) is 13.2. The Morgan fingerprint density at radius 3 is 2.72 bits per heavy atom. The van der Waals surface area contributed by atoms with Crippen molar-refractivity contribution in [2.75, 3.05) is 5.32 Å². The van der Waals surface area contributed by atoms with Crippen LogP contribution in [0.3, 0.4) is 0 Å². The van der Waals surface area contributed by atoms with Crippen molar-refractivity contribution in [2.45, 2.75) is 6.54 Å². The summed E-state index contributed by atoms with van der Waals surface area (Å²) < 4.78 is 2.90. The fourth-order valence-electron chi connectivity index (χ4n) is 2.73. The molecule has 0 spiro atoms. The van der Waals surface area contributed by atoms with Crippen molar-refractivity contribution >= 4 is 38.9 Å². The molecule has 0 aliphatic carbocycles. The number of nitrogens with zero attached hydrogens (tertiary/aromatic N) is 3. The summed E-state index contributed by atoms with van der Waals surface area (Å²) in [5.74, 6) is 0. The average molecular weight is 414 g/mol. The molecule has 0 radical (unpaired) electrons. The molecule has 3 aromatic heterocycles. The SMILES string of the molecule is Clc1ccccc1-c1cc(NCc2ccncc2)c2ncc(Br)n2c1. The first-order valence-electron chi connectivity index (χ1n) is 7.76. The van der Waals surface area contributed by atoms with Crippen LogP contribution in [0.1, 0.15) is 5.56 Å². The number of aromatic nitrogens is 3. The molecule has 4 aromatic rings. The third-order valence-corrected chi connectivity index (χ3v) is 4.89. The summed E-state index contributed by atoms with van der Waals surface area (Å²) in [5, 5.41) is 4.19. The number of anilines is 1. The summed E-state index contributed by atoms with van der Waals surface area (Å²) in [7, 11) is 0. The van der Waals surface area contributed by atoms with Gasteiger partial charge in [0.2, 0.25) is 0 Å². The molecule has 0 atom stereocenters. The van der Waals surface area contributed by atoms with Crippen molar-refractivity contribution in [3.63, 3.8) is 0 Å². The molecule has 0 saturated carbocycles. The average Bonchev–Trinajstić information content (AvgIpc) is 3.02. The van der Waals surface area contributed by atoms with Gasteiger partial charge in [0.05, 0.1) is 11.9 Å². The second kappa shape index (κ2) is 6.86. The van der Waals surface area contributed by atoms with Crippen LogP contribution >= 0.6 is 27.5 Å². The van der Waals surface area contributed by atoms with Gasteiger partial charge in [-0.2, -0.15) is 0 Å². The molecule has 0 aliphatic heterocycles. The van der Waals surface area contributed by atoms with Crippen molar-refractivity contribution in [1.82, 2.24) is 14.4 Å². The van der Waals surface area contributed by atoms with E-state index in [1.165, 1.54) is 0 Å². The molecule has 1 aromatic carbocycles. The third-order valence-electron chi connectivity index (χ3n) is 3.98. The van der Waals surface area contributed by atoms with E-state index < -0.39 is 0 Å². The van der Waals surface area contributed by atoms with Crippen LogP contribution < -0.4 is 5.32 Å². The predicted molar refractivity (Wildman–Crippen MR) is 105 cm³/mol. The van der Waals surface area contributed by atoms with E-state index >= 15 is 0 Å². The minimum atomic E-state index is 0.689. The Morgan fingerprint density at radius 2 is 1.92 bits per heavy atom. The van der Waals surface area contributed by atoms with E-state index in [9.17, 15) is 0 Å². The maximum Gasteiger partial charge on any atom is 0.161 e. The van der Waals surface area contributed by atoms with Gasteiger partial charge in [-0.05, 0) is 45.8 Å². The third kappa shape index (κ3) is 3.25. The Bertz CT molecular complexity index is 1030. The topological polar surface area (TPSA) is 42.2 Å². The van der Waals surface area contributed by atoms with E-state index in [2.05, 4.69) is 37.3 Å². The van der Waals surface area contributed by atoms with Crippen molar-refractivity contribution in [2.24, 2.45) is 0 Å². The monoisotopic (exact) mass is 412 g/mol. The molecule has 25 heavy (non-hydrogen) atoms. The summed E-state index contributed by atoms with van der Waals surface area (Å²) in [6, 6.07) is 13.9. The highest BCUT2D eigenvalue weighted by Crippen LogP contribution is 2.32. The van der Waals surface area contributed by atoms with Crippen LogP contribution in [0.25, 0.3) is 16.8 Å². The molecule has 0 bridgehead atoms. The van der Waals surface area contributed by atoms with Crippen LogP contribution in [-0.2, 0) is 6.54 Å². The first-order valence-corrected chi connectivity index (χ1v) is 8.94. The van der Waals surface area contributed by atoms with Crippen LogP contribution in [0.5, 0.6) is 0 Å². The lowest BCUT2D eigenvalue weighted by Crippen LogP contribution is -2.02. The first-order chi connectivity index (χ1) is 12.2. The number of pyridine rings is 2. The van der Waals surface area contributed by atoms with E-state index in [0.717, 1.165) is 37.7 Å². The van der Waals surface area contributed by atoms with Crippen molar-refractivity contribution in [1.29, 1.82) is 0 Å². The van der Waals surface area contributed by atoms with Crippen molar-refractivity contribution in [3.05, 3.63) is 82.4 Å². The number of fused-ring (bicyclic) bond motifs is 1. The van der Waals surface area contributed by atoms with Gasteiger partial charge in [0, 0.05) is 41.3 Å². The molecule has 0 aliphatic rings. The van der Waals surface area contributed by atoms with Gasteiger partial charge in [0.1, 0.15) is 4.60 Å². The molecule has 0 amide bonds. The number of hydrogen-bond acceptors (Lipinski definition) is 3. The van der Waals surface area contributed by atoms with Crippen LogP contribution in [0.15, 0.2) is 71.9 Å². The van der Waals surface area contributed by atoms with Crippen LogP contribution in [0.2, 0.25) is 5.02 Å². The van der Waals surface area contributed by atoms with Gasteiger partial charge >= 0.3 is 0 Å². The molecule has 6 heteroatoms. The number of hydrogen-bond donors (Lipinski definition) is 1. The second-order valence-corrected chi connectivity index (χ2v) is 6.83. The second-order valence-electron chi connectivity index (χ2n) is 5.61. The van der Waals surface area contributed by atoms with Crippen LogP contribution in [-0.4, -0.2) is 14.4 Å². The molecular weight excluding hydrogens is 400 g/mol. The summed E-state index contributed by atoms with van der Waals surface area (Å²) in [5.41, 5.74) is 4.96. The Hall–Kier alpha value is -2.37. The summed E-state index contributed by atoms with van der Waals surface area (Å²) >= 11 is 9.94. The van der Waals surface area contributed by atoms with Gasteiger partial charge in [-0.25, -0.2) is 4.98 Å². The molecule has 3 heterocycles. The van der Waals surface area contributed by atoms with E-state index in [0.29, 0.717) is 6.54 Å². The Kier molecular flexibility index (Phi) is 4.42. The van der Waals surface area contributed by atoms with Crippen LogP contribution in [0, 0.1) is 0 Å². The van der Waals surface area contributed by atoms with Gasteiger partial charge in [-0.1, -0.05) is 29.8 Å². The highest BCUT2D eigenvalue weighted by atomic mass is 79.9. The summed E-state index contributed by atoms with van der Waals surface area (Å²) in [6.07, 6.45) is 7.41. The van der Waals surface area contributed by atoms with Gasteiger partial charge in [-0.3, -0.25) is 9.38 Å². The van der Waals surface area contributed by atoms with Crippen molar-refractivity contribution < 1.29 is 0 Å². The van der Waals surface area contributed by atoms with Crippen LogP contribution in [0.4, 0.5) is 5.69 Å². The van der Waals surface area contributed by atoms with Gasteiger partial charge < -0.3 is 5.32 Å². The molecule has 0 unspecified atom stereocenters. The fourth-order valence-corrected chi connectivity index (χ4v) is 3.35.